The summed E-state index contributed by atoms with van der Waals surface area (Å²) in [5, 5.41) is 4.85. The van der Waals surface area contributed by atoms with Crippen molar-refractivity contribution in [1.29, 1.82) is 0 Å². The van der Waals surface area contributed by atoms with E-state index in [1.807, 2.05) is 27.7 Å². The van der Waals surface area contributed by atoms with Gasteiger partial charge in [0.05, 0.1) is 26.1 Å². The number of hydrogen-bond donors (Lipinski definition) is 2. The third kappa shape index (κ3) is 5.11. The Balaban J connectivity index is 1.06. The Bertz CT molecular complexity index is 1780. The van der Waals surface area contributed by atoms with Crippen LogP contribution < -0.4 is 15.4 Å². The monoisotopic (exact) mass is 726 g/mol. The molecule has 266 valence electrons. The minimum atomic E-state index is -1.04. The lowest BCUT2D eigenvalue weighted by Gasteiger charge is -2.44. The molecule has 14 nitrogen and oxygen atoms in total. The molecule has 0 radical (unpaired) electrons. The fraction of sp³-hybridized carbons (Fsp3) is 0.559. The minimum Gasteiger partial charge on any atom is -0.488 e. The van der Waals surface area contributed by atoms with Gasteiger partial charge in [0.15, 0.2) is 5.78 Å². The van der Waals surface area contributed by atoms with Crippen molar-refractivity contribution in [3.63, 3.8) is 0 Å². The second-order valence-corrected chi connectivity index (χ2v) is 18.0. The van der Waals surface area contributed by atoms with Gasteiger partial charge in [0.25, 0.3) is 0 Å². The average Bonchev–Trinajstić information content (AvgIpc) is 3.61. The quantitative estimate of drug-likeness (QED) is 0.282. The number of amides is 4. The third-order valence-corrected chi connectivity index (χ3v) is 13.7. The Kier molecular flexibility index (Phi) is 8.09. The number of nitrogens with one attached hydrogen (secondary N) is 2. The van der Waals surface area contributed by atoms with Crippen molar-refractivity contribution in [1.82, 2.24) is 20.4 Å². The molecule has 2 unspecified atom stereocenters. The molecule has 5 heterocycles. The number of methoxy groups -OCH3 is 2. The van der Waals surface area contributed by atoms with Gasteiger partial charge in [0.2, 0.25) is 23.6 Å². The number of rotatable bonds is 8. The summed E-state index contributed by atoms with van der Waals surface area (Å²) in [6.45, 7) is 7.44. The molecule has 0 spiro atoms. The van der Waals surface area contributed by atoms with E-state index in [1.165, 1.54) is 53.6 Å². The maximum Gasteiger partial charge on any atom is 0.330 e. The van der Waals surface area contributed by atoms with Crippen LogP contribution in [0.2, 0.25) is 0 Å². The first-order chi connectivity index (χ1) is 23.5. The molecular weight excluding hydrogens is 689 g/mol. The summed E-state index contributed by atoms with van der Waals surface area (Å²) in [7, 11) is 2.56. The molecular formula is C34H38N4O10S2. The summed E-state index contributed by atoms with van der Waals surface area (Å²) >= 11 is 2.86. The van der Waals surface area contributed by atoms with E-state index in [0.29, 0.717) is 16.9 Å². The lowest BCUT2D eigenvalue weighted by molar-refractivity contribution is -0.162. The zero-order valence-electron chi connectivity index (χ0n) is 28.3. The number of ketones is 1. The largest absolute Gasteiger partial charge is 0.488 e. The van der Waals surface area contributed by atoms with Gasteiger partial charge in [-0.1, -0.05) is 18.2 Å². The van der Waals surface area contributed by atoms with Gasteiger partial charge in [-0.05, 0) is 45.4 Å². The van der Waals surface area contributed by atoms with Gasteiger partial charge < -0.3 is 34.6 Å². The smallest absolute Gasteiger partial charge is 0.330 e. The van der Waals surface area contributed by atoms with Crippen molar-refractivity contribution in [2.24, 2.45) is 0 Å². The Morgan fingerprint density at radius 1 is 0.860 bits per heavy atom. The van der Waals surface area contributed by atoms with Crippen LogP contribution in [0.5, 0.6) is 5.75 Å². The van der Waals surface area contributed by atoms with Gasteiger partial charge in [-0.3, -0.25) is 24.0 Å². The molecule has 6 aliphatic rings. The van der Waals surface area contributed by atoms with Crippen LogP contribution in [-0.2, 0) is 54.9 Å². The second-order valence-electron chi connectivity index (χ2n) is 14.5. The van der Waals surface area contributed by atoms with Crippen LogP contribution in [0.25, 0.3) is 0 Å². The Morgan fingerprint density at radius 3 is 1.94 bits per heavy atom. The SMILES string of the molecule is COC(=O)[C@@H]1N2C(=O)[C@@H](NC(=O)Cc3ccc4c(c3)C3(CC(=O)N[C@@H]5C(=O)N6[C@@H]5SC(C)(C)[C@@H]6C(=O)OC)C=CC(=O)CC3O4)[C@H]2SC1(C)C. The van der Waals surface area contributed by atoms with Crippen LogP contribution >= 0.6 is 23.5 Å². The van der Waals surface area contributed by atoms with Gasteiger partial charge in [-0.15, -0.1) is 23.5 Å². The minimum absolute atomic E-state index is 0.0418. The number of carbonyl (C=O) groups is 7. The fourth-order valence-corrected chi connectivity index (χ4v) is 11.4. The first-order valence-electron chi connectivity index (χ1n) is 16.3. The fourth-order valence-electron chi connectivity index (χ4n) is 8.14. The van der Waals surface area contributed by atoms with Crippen molar-refractivity contribution < 1.29 is 47.8 Å². The number of esters is 2. The number of thioether (sulfide) groups is 2. The molecule has 7 rings (SSSR count). The van der Waals surface area contributed by atoms with Gasteiger partial charge in [0.1, 0.15) is 46.8 Å². The van der Waals surface area contributed by atoms with Crippen LogP contribution in [0, 0.1) is 0 Å². The lowest BCUT2D eigenvalue weighted by Crippen LogP contribution is -2.71. The highest BCUT2D eigenvalue weighted by atomic mass is 32.2. The molecule has 0 bridgehead atoms. The summed E-state index contributed by atoms with van der Waals surface area (Å²) in [5.74, 6) is -2.23. The molecule has 0 aromatic heterocycles. The Morgan fingerprint density at radius 2 is 1.40 bits per heavy atom. The number of fused-ring (bicyclic) bond motifs is 5. The number of ether oxygens (including phenoxy) is 3. The number of allylic oxidation sites excluding steroid dienone is 1. The van der Waals surface area contributed by atoms with Crippen molar-refractivity contribution in [3.05, 3.63) is 41.5 Å². The van der Waals surface area contributed by atoms with E-state index in [1.54, 1.807) is 24.3 Å². The standard InChI is InChI=1S/C34H38N4O10S2/c1-32(2)24(30(44)46-5)37-26(42)22(28(37)49-32)35-20(40)12-15-7-8-18-17(11-15)34(10-9-16(39)13-19(34)48-18)14-21(41)36-23-27(43)38-25(31(45)47-6)33(3,4)50-29(23)38/h7-11,19,22-25,28-29H,12-14H2,1-6H3,(H,35,40)(H,36,41)/t19?,22-,23-,24+,25+,28-,29-,34?/m1/s1. The Labute approximate surface area is 296 Å². The molecule has 4 amide bonds. The lowest BCUT2D eigenvalue weighted by atomic mass is 9.69. The predicted octanol–water partition coefficient (Wildman–Crippen LogP) is 0.587. The maximum absolute atomic E-state index is 13.7. The van der Waals surface area contributed by atoms with Gasteiger partial charge in [-0.2, -0.15) is 0 Å². The summed E-state index contributed by atoms with van der Waals surface area (Å²) < 4.78 is 14.9. The van der Waals surface area contributed by atoms with Crippen LogP contribution in [0.3, 0.4) is 0 Å². The molecule has 2 N–H and O–H groups in total. The van der Waals surface area contributed by atoms with E-state index in [-0.39, 0.29) is 36.9 Å². The van der Waals surface area contributed by atoms with Crippen molar-refractivity contribution in [2.45, 2.75) is 103 Å². The highest BCUT2D eigenvalue weighted by Crippen LogP contribution is 2.53. The molecule has 1 aromatic rings. The molecule has 5 aliphatic heterocycles. The number of hydrogen-bond acceptors (Lipinski definition) is 12. The molecule has 0 saturated carbocycles. The molecule has 4 fully saturated rings. The highest BCUT2D eigenvalue weighted by molar-refractivity contribution is 8.02. The summed E-state index contributed by atoms with van der Waals surface area (Å²) in [6.07, 6.45) is 2.27. The molecule has 1 aromatic carbocycles. The molecule has 4 saturated heterocycles. The van der Waals surface area contributed by atoms with Gasteiger partial charge in [-0.25, -0.2) is 9.59 Å². The topological polar surface area (TPSA) is 178 Å². The van der Waals surface area contributed by atoms with Crippen LogP contribution in [0.1, 0.15) is 51.7 Å². The Hall–Kier alpha value is -4.05. The van der Waals surface area contributed by atoms with E-state index in [4.69, 9.17) is 14.2 Å². The number of β-lactam (4-membered cyclic amide) rings is 2. The third-order valence-electron chi connectivity index (χ3n) is 10.5. The average molecular weight is 727 g/mol. The van der Waals surface area contributed by atoms with E-state index in [0.717, 1.165) is 0 Å². The van der Waals surface area contributed by atoms with Crippen molar-refractivity contribution >= 4 is 64.9 Å². The molecule has 16 heteroatoms. The maximum atomic E-state index is 13.7. The van der Waals surface area contributed by atoms with Crippen LogP contribution in [-0.4, -0.2) is 116 Å². The van der Waals surface area contributed by atoms with E-state index < -0.39 is 79.7 Å². The zero-order valence-corrected chi connectivity index (χ0v) is 30.0. The highest BCUT2D eigenvalue weighted by Gasteiger charge is 2.66. The van der Waals surface area contributed by atoms with E-state index >= 15 is 0 Å². The molecule has 8 atom stereocenters. The van der Waals surface area contributed by atoms with Crippen molar-refractivity contribution in [2.75, 3.05) is 14.2 Å². The van der Waals surface area contributed by atoms with Gasteiger partial charge in [0, 0.05) is 27.9 Å². The normalized spacial score (nSPS) is 33.6. The van der Waals surface area contributed by atoms with Crippen LogP contribution in [0.15, 0.2) is 30.4 Å². The predicted molar refractivity (Wildman–Crippen MR) is 180 cm³/mol. The van der Waals surface area contributed by atoms with E-state index in [9.17, 15) is 33.6 Å². The number of nitrogens with zero attached hydrogens (tertiary/aromatic N) is 2. The molecule has 1 aliphatic carbocycles. The zero-order chi connectivity index (χ0) is 36.1. The number of carbonyl (C=O) groups excluding carboxylic acids is 7. The summed E-state index contributed by atoms with van der Waals surface area (Å²) in [5.41, 5.74) is 0.201. The van der Waals surface area contributed by atoms with Crippen LogP contribution in [0.4, 0.5) is 0 Å². The van der Waals surface area contributed by atoms with Gasteiger partial charge >= 0.3 is 11.9 Å². The first-order valence-corrected chi connectivity index (χ1v) is 18.1. The summed E-state index contributed by atoms with van der Waals surface area (Å²) in [6, 6.07) is 2.07. The molecule has 50 heavy (non-hydrogen) atoms. The second kappa shape index (κ2) is 11.8. The first kappa shape index (κ1) is 34.4. The van der Waals surface area contributed by atoms with Crippen molar-refractivity contribution in [3.8, 4) is 5.75 Å². The number of benzene rings is 1. The van der Waals surface area contributed by atoms with E-state index in [2.05, 4.69) is 10.6 Å². The summed E-state index contributed by atoms with van der Waals surface area (Å²) in [4.78, 5) is 93.5.